The van der Waals surface area contributed by atoms with Crippen molar-refractivity contribution < 1.29 is 4.21 Å². The lowest BCUT2D eigenvalue weighted by Gasteiger charge is -2.19. The molecule has 0 bridgehead atoms. The van der Waals surface area contributed by atoms with E-state index in [0.717, 1.165) is 11.3 Å². The zero-order valence-corrected chi connectivity index (χ0v) is 12.7. The van der Waals surface area contributed by atoms with Crippen LogP contribution >= 0.6 is 11.6 Å². The molecule has 2 aromatic rings. The van der Waals surface area contributed by atoms with Crippen molar-refractivity contribution in [2.24, 2.45) is 0 Å². The number of hydrogen-bond acceptors (Lipinski definition) is 2. The number of fused-ring (bicyclic) bond motifs is 1. The zero-order valence-electron chi connectivity index (χ0n) is 11.2. The smallest absolute Gasteiger partial charge is 0.0629 e. The summed E-state index contributed by atoms with van der Waals surface area (Å²) >= 11 is 6.00. The van der Waals surface area contributed by atoms with Gasteiger partial charge in [0, 0.05) is 16.0 Å². The quantitative estimate of drug-likeness (QED) is 0.942. The van der Waals surface area contributed by atoms with Crippen LogP contribution in [0.25, 0.3) is 0 Å². The Labute approximate surface area is 126 Å². The minimum Gasteiger partial charge on any atom is -0.312 e. The van der Waals surface area contributed by atoms with Crippen LogP contribution < -0.4 is 5.32 Å². The lowest BCUT2D eigenvalue weighted by Crippen LogP contribution is -2.29. The fraction of sp³-hybridized carbons (Fsp3) is 0.250. The third kappa shape index (κ3) is 2.41. The summed E-state index contributed by atoms with van der Waals surface area (Å²) in [5, 5.41) is 3.99. The summed E-state index contributed by atoms with van der Waals surface area (Å²) in [5.74, 6) is 0. The monoisotopic (exact) mass is 305 g/mol. The molecule has 2 aromatic carbocycles. The van der Waals surface area contributed by atoms with Crippen molar-refractivity contribution in [1.29, 1.82) is 0 Å². The van der Waals surface area contributed by atoms with Gasteiger partial charge < -0.3 is 5.32 Å². The van der Waals surface area contributed by atoms with Gasteiger partial charge >= 0.3 is 0 Å². The van der Waals surface area contributed by atoms with Crippen molar-refractivity contribution in [3.8, 4) is 0 Å². The van der Waals surface area contributed by atoms with Gasteiger partial charge in [0.2, 0.25) is 0 Å². The summed E-state index contributed by atoms with van der Waals surface area (Å²) in [6, 6.07) is 15.8. The molecule has 4 heteroatoms. The maximum Gasteiger partial charge on any atom is 0.0629 e. The normalized spacial score (nSPS) is 22.5. The Hall–Kier alpha value is -1.16. The summed E-state index contributed by atoms with van der Waals surface area (Å²) in [7, 11) is 0.853. The molecule has 0 radical (unpaired) electrons. The third-order valence-electron chi connectivity index (χ3n) is 3.80. The van der Waals surface area contributed by atoms with Crippen molar-refractivity contribution in [3.63, 3.8) is 0 Å². The molecule has 1 aliphatic carbocycles. The molecular formula is C16H16ClNOS. The maximum absolute atomic E-state index is 12.8. The van der Waals surface area contributed by atoms with E-state index in [9.17, 15) is 4.21 Å². The highest BCUT2D eigenvalue weighted by molar-refractivity contribution is 7.85. The van der Waals surface area contributed by atoms with Crippen LogP contribution in [-0.2, 0) is 17.2 Å². The van der Waals surface area contributed by atoms with Gasteiger partial charge in [-0.2, -0.15) is 0 Å². The molecule has 0 aliphatic heterocycles. The summed E-state index contributed by atoms with van der Waals surface area (Å²) < 4.78 is 12.8. The molecule has 20 heavy (non-hydrogen) atoms. The van der Waals surface area contributed by atoms with E-state index in [4.69, 9.17) is 11.6 Å². The molecule has 0 amide bonds. The van der Waals surface area contributed by atoms with E-state index < -0.39 is 10.8 Å². The van der Waals surface area contributed by atoms with Crippen LogP contribution in [0.2, 0.25) is 5.02 Å². The second-order valence-electron chi connectivity index (χ2n) is 4.96. The predicted molar refractivity (Wildman–Crippen MR) is 83.6 cm³/mol. The second kappa shape index (κ2) is 5.68. The summed E-state index contributed by atoms with van der Waals surface area (Å²) in [6.07, 6.45) is 0.834. The van der Waals surface area contributed by atoms with Crippen LogP contribution in [0.5, 0.6) is 0 Å². The summed E-state index contributed by atoms with van der Waals surface area (Å²) in [5.41, 5.74) is 2.54. The number of benzene rings is 2. The van der Waals surface area contributed by atoms with Gasteiger partial charge in [-0.3, -0.25) is 4.21 Å². The molecule has 2 nitrogen and oxygen atoms in total. The Kier molecular flexibility index (Phi) is 3.92. The fourth-order valence-corrected chi connectivity index (χ4v) is 4.79. The van der Waals surface area contributed by atoms with Crippen molar-refractivity contribution in [2.45, 2.75) is 22.6 Å². The average molecular weight is 306 g/mol. The van der Waals surface area contributed by atoms with Gasteiger partial charge in [-0.25, -0.2) is 0 Å². The van der Waals surface area contributed by atoms with Gasteiger partial charge in [-0.15, -0.1) is 0 Å². The molecule has 1 aliphatic rings. The maximum atomic E-state index is 12.8. The molecule has 0 spiro atoms. The van der Waals surface area contributed by atoms with Crippen molar-refractivity contribution >= 4 is 22.4 Å². The minimum absolute atomic E-state index is 0.0517. The van der Waals surface area contributed by atoms with E-state index in [1.54, 1.807) is 12.1 Å². The third-order valence-corrected chi connectivity index (χ3v) is 5.74. The van der Waals surface area contributed by atoms with E-state index in [1.165, 1.54) is 11.1 Å². The van der Waals surface area contributed by atoms with E-state index >= 15 is 0 Å². The lowest BCUT2D eigenvalue weighted by atomic mass is 10.1. The van der Waals surface area contributed by atoms with Crippen LogP contribution in [0.1, 0.15) is 17.2 Å². The molecule has 1 N–H and O–H groups in total. The fourth-order valence-electron chi connectivity index (χ4n) is 2.87. The van der Waals surface area contributed by atoms with Crippen LogP contribution in [0.3, 0.4) is 0 Å². The molecule has 3 unspecified atom stereocenters. The van der Waals surface area contributed by atoms with Crippen LogP contribution in [0.4, 0.5) is 0 Å². The molecule has 3 rings (SSSR count). The first-order chi connectivity index (χ1) is 9.70. The Morgan fingerprint density at radius 1 is 1.20 bits per heavy atom. The Morgan fingerprint density at radius 2 is 2.00 bits per heavy atom. The summed E-state index contributed by atoms with van der Waals surface area (Å²) in [4.78, 5) is 0.801. The standard InChI is InChI=1S/C16H16ClNOS/c1-18-16-14-8-3-2-5-11(14)9-15(16)20(19)13-7-4-6-12(17)10-13/h2-8,10,15-16,18H,9H2,1H3. The summed E-state index contributed by atoms with van der Waals surface area (Å²) in [6.45, 7) is 0. The minimum atomic E-state index is -1.07. The lowest BCUT2D eigenvalue weighted by molar-refractivity contribution is 0.581. The van der Waals surface area contributed by atoms with Gasteiger partial charge in [0.05, 0.1) is 16.0 Å². The molecule has 0 heterocycles. The molecule has 0 aromatic heterocycles. The van der Waals surface area contributed by atoms with Crippen LogP contribution in [0.15, 0.2) is 53.4 Å². The van der Waals surface area contributed by atoms with E-state index in [0.29, 0.717) is 5.02 Å². The van der Waals surface area contributed by atoms with Gasteiger partial charge in [-0.05, 0) is 42.8 Å². The largest absolute Gasteiger partial charge is 0.312 e. The number of nitrogens with one attached hydrogen (secondary N) is 1. The Morgan fingerprint density at radius 3 is 2.75 bits per heavy atom. The molecule has 0 fully saturated rings. The molecular weight excluding hydrogens is 290 g/mol. The first-order valence-electron chi connectivity index (χ1n) is 6.62. The first-order valence-corrected chi connectivity index (χ1v) is 8.21. The zero-order chi connectivity index (χ0) is 14.1. The highest BCUT2D eigenvalue weighted by Gasteiger charge is 2.35. The van der Waals surface area contributed by atoms with Crippen molar-refractivity contribution in [1.82, 2.24) is 5.32 Å². The van der Waals surface area contributed by atoms with Gasteiger partial charge in [0.25, 0.3) is 0 Å². The molecule has 3 atom stereocenters. The number of hydrogen-bond donors (Lipinski definition) is 1. The van der Waals surface area contributed by atoms with E-state index in [-0.39, 0.29) is 11.3 Å². The Bertz CT molecular complexity index is 658. The van der Waals surface area contributed by atoms with Gasteiger partial charge in [0.15, 0.2) is 0 Å². The molecule has 0 saturated carbocycles. The predicted octanol–water partition coefficient (Wildman–Crippen LogP) is 3.33. The average Bonchev–Trinajstić information content (AvgIpc) is 2.85. The Balaban J connectivity index is 1.94. The van der Waals surface area contributed by atoms with E-state index in [2.05, 4.69) is 17.4 Å². The van der Waals surface area contributed by atoms with Crippen molar-refractivity contribution in [3.05, 3.63) is 64.7 Å². The number of halogens is 1. The highest BCUT2D eigenvalue weighted by atomic mass is 35.5. The number of rotatable bonds is 3. The van der Waals surface area contributed by atoms with E-state index in [1.807, 2.05) is 31.3 Å². The van der Waals surface area contributed by atoms with Crippen LogP contribution in [-0.4, -0.2) is 16.5 Å². The van der Waals surface area contributed by atoms with Crippen molar-refractivity contribution in [2.75, 3.05) is 7.05 Å². The molecule has 0 saturated heterocycles. The topological polar surface area (TPSA) is 29.1 Å². The van der Waals surface area contributed by atoms with Crippen LogP contribution in [0, 0.1) is 0 Å². The SMILES string of the molecule is CNC1c2ccccc2CC1S(=O)c1cccc(Cl)c1. The van der Waals surface area contributed by atoms with Gasteiger partial charge in [0.1, 0.15) is 0 Å². The highest BCUT2D eigenvalue weighted by Crippen LogP contribution is 2.36. The van der Waals surface area contributed by atoms with Gasteiger partial charge in [-0.1, -0.05) is 41.9 Å². The first kappa shape index (κ1) is 13.8. The molecule has 104 valence electrons. The second-order valence-corrected chi connectivity index (χ2v) is 7.07.